The normalized spacial score (nSPS) is 25.5. The molecule has 3 saturated heterocycles. The highest BCUT2D eigenvalue weighted by Gasteiger charge is 2.34. The van der Waals surface area contributed by atoms with Crippen LogP contribution in [0.15, 0.2) is 18.2 Å². The van der Waals surface area contributed by atoms with Crippen molar-refractivity contribution in [2.75, 3.05) is 50.1 Å². The van der Waals surface area contributed by atoms with E-state index in [2.05, 4.69) is 40.2 Å². The van der Waals surface area contributed by atoms with Crippen molar-refractivity contribution in [2.45, 2.75) is 31.0 Å². The summed E-state index contributed by atoms with van der Waals surface area (Å²) in [5.74, 6) is 1.02. The summed E-state index contributed by atoms with van der Waals surface area (Å²) in [4.78, 5) is 12.0. The lowest BCUT2D eigenvalue weighted by molar-refractivity contribution is 0.246. The fourth-order valence-corrected chi connectivity index (χ4v) is 5.14. The Labute approximate surface area is 170 Å². The van der Waals surface area contributed by atoms with Crippen molar-refractivity contribution in [1.29, 1.82) is 0 Å². The van der Waals surface area contributed by atoms with Crippen LogP contribution in [0.25, 0.3) is 10.9 Å². The van der Waals surface area contributed by atoms with E-state index in [1.807, 2.05) is 6.07 Å². The molecule has 0 aliphatic carbocycles. The number of piperazine rings is 1. The largest absolute Gasteiger partial charge is 0.368 e. The third-order valence-electron chi connectivity index (χ3n) is 6.27. The molecule has 0 amide bonds. The number of hydrogen-bond acceptors (Lipinski definition) is 5. The first-order chi connectivity index (χ1) is 13.0. The molecule has 1 aromatic carbocycles. The van der Waals surface area contributed by atoms with Gasteiger partial charge in [0.1, 0.15) is 5.82 Å². The number of nitrogens with zero attached hydrogens (tertiary/aromatic N) is 4. The van der Waals surface area contributed by atoms with E-state index in [1.165, 1.54) is 18.5 Å². The number of hydrogen-bond donors (Lipinski definition) is 1. The summed E-state index contributed by atoms with van der Waals surface area (Å²) >= 11 is 12.9. The highest BCUT2D eigenvalue weighted by atomic mass is 35.5. The number of anilines is 2. The minimum atomic E-state index is 0.576. The molecule has 144 valence electrons. The molecule has 0 spiro atoms. The van der Waals surface area contributed by atoms with Crippen molar-refractivity contribution >= 4 is 45.6 Å². The van der Waals surface area contributed by atoms with Crippen LogP contribution in [0.4, 0.5) is 11.5 Å². The molecule has 7 heteroatoms. The van der Waals surface area contributed by atoms with Gasteiger partial charge >= 0.3 is 0 Å². The maximum atomic E-state index is 6.56. The predicted molar refractivity (Wildman–Crippen MR) is 114 cm³/mol. The Morgan fingerprint density at radius 1 is 1.00 bits per heavy atom. The zero-order valence-corrected chi connectivity index (χ0v) is 17.3. The zero-order valence-electron chi connectivity index (χ0n) is 15.8. The van der Waals surface area contributed by atoms with Crippen LogP contribution >= 0.6 is 23.2 Å². The van der Waals surface area contributed by atoms with Gasteiger partial charge in [0.2, 0.25) is 0 Å². The molecule has 0 saturated carbocycles. The molecule has 3 fully saturated rings. The Hall–Kier alpha value is -1.27. The maximum absolute atomic E-state index is 6.56. The number of rotatable bonds is 3. The van der Waals surface area contributed by atoms with Crippen LogP contribution < -0.4 is 15.1 Å². The SMILES string of the molecule is CN(C)C1CN(c2cc(N3C[C@H]4CC[C@@H](C3)N4)c3cc(Cl)cc(Cl)c3n2)C1. The smallest absolute Gasteiger partial charge is 0.131 e. The third kappa shape index (κ3) is 3.15. The summed E-state index contributed by atoms with van der Waals surface area (Å²) in [6, 6.07) is 7.79. The monoisotopic (exact) mass is 405 g/mol. The van der Waals surface area contributed by atoms with E-state index in [0.717, 1.165) is 42.9 Å². The van der Waals surface area contributed by atoms with E-state index in [9.17, 15) is 0 Å². The average molecular weight is 406 g/mol. The van der Waals surface area contributed by atoms with E-state index in [-0.39, 0.29) is 0 Å². The molecule has 27 heavy (non-hydrogen) atoms. The minimum absolute atomic E-state index is 0.576. The van der Waals surface area contributed by atoms with E-state index in [0.29, 0.717) is 28.2 Å². The second-order valence-electron chi connectivity index (χ2n) is 8.35. The van der Waals surface area contributed by atoms with Gasteiger partial charge in [-0.2, -0.15) is 0 Å². The third-order valence-corrected chi connectivity index (χ3v) is 6.78. The molecule has 3 aliphatic heterocycles. The number of benzene rings is 1. The number of nitrogens with one attached hydrogen (secondary N) is 1. The topological polar surface area (TPSA) is 34.6 Å². The van der Waals surface area contributed by atoms with Gasteiger partial charge in [-0.15, -0.1) is 0 Å². The Morgan fingerprint density at radius 3 is 2.37 bits per heavy atom. The van der Waals surface area contributed by atoms with E-state index in [4.69, 9.17) is 28.2 Å². The number of aromatic nitrogens is 1. The first-order valence-corrected chi connectivity index (χ1v) is 10.5. The van der Waals surface area contributed by atoms with E-state index >= 15 is 0 Å². The Kier molecular flexibility index (Phi) is 4.39. The van der Waals surface area contributed by atoms with Crippen molar-refractivity contribution in [3.8, 4) is 0 Å². The molecular formula is C20H25Cl2N5. The minimum Gasteiger partial charge on any atom is -0.368 e. The molecular weight excluding hydrogens is 381 g/mol. The van der Waals surface area contributed by atoms with Gasteiger partial charge in [0.25, 0.3) is 0 Å². The van der Waals surface area contributed by atoms with Crippen molar-refractivity contribution in [1.82, 2.24) is 15.2 Å². The predicted octanol–water partition coefficient (Wildman–Crippen LogP) is 3.23. The average Bonchev–Trinajstić information content (AvgIpc) is 2.91. The summed E-state index contributed by atoms with van der Waals surface area (Å²) in [5, 5.41) is 6.06. The second-order valence-corrected chi connectivity index (χ2v) is 9.19. The Morgan fingerprint density at radius 2 is 1.70 bits per heavy atom. The Balaban J connectivity index is 1.57. The van der Waals surface area contributed by atoms with Crippen LogP contribution in [0.2, 0.25) is 10.0 Å². The van der Waals surface area contributed by atoms with Gasteiger partial charge in [0.15, 0.2) is 0 Å². The van der Waals surface area contributed by atoms with E-state index < -0.39 is 0 Å². The molecule has 2 atom stereocenters. The first-order valence-electron chi connectivity index (χ1n) is 9.70. The first kappa shape index (κ1) is 17.8. The zero-order chi connectivity index (χ0) is 18.7. The highest BCUT2D eigenvalue weighted by Crippen LogP contribution is 2.38. The molecule has 0 radical (unpaired) electrons. The van der Waals surface area contributed by atoms with Crippen molar-refractivity contribution in [3.05, 3.63) is 28.2 Å². The van der Waals surface area contributed by atoms with E-state index in [1.54, 1.807) is 6.07 Å². The van der Waals surface area contributed by atoms with Crippen molar-refractivity contribution in [2.24, 2.45) is 0 Å². The molecule has 5 nitrogen and oxygen atoms in total. The summed E-state index contributed by atoms with van der Waals surface area (Å²) < 4.78 is 0. The maximum Gasteiger partial charge on any atom is 0.131 e. The van der Waals surface area contributed by atoms with Gasteiger partial charge in [0.05, 0.1) is 16.2 Å². The Bertz CT molecular complexity index is 868. The summed E-state index contributed by atoms with van der Waals surface area (Å²) in [5.41, 5.74) is 2.07. The van der Waals surface area contributed by atoms with Gasteiger partial charge in [-0.1, -0.05) is 23.2 Å². The highest BCUT2D eigenvalue weighted by molar-refractivity contribution is 6.38. The molecule has 2 aromatic rings. The fourth-order valence-electron chi connectivity index (χ4n) is 4.61. The summed E-state index contributed by atoms with van der Waals surface area (Å²) in [7, 11) is 4.27. The molecule has 0 unspecified atom stereocenters. The van der Waals surface area contributed by atoms with Crippen LogP contribution in [0.1, 0.15) is 12.8 Å². The molecule has 4 heterocycles. The standard InChI is InChI=1S/C20H25Cl2N5/c1-25(2)15-10-27(11-15)19-7-18(26-8-13-3-4-14(9-26)23-13)16-5-12(21)6-17(22)20(16)24-19/h5-7,13-15,23H,3-4,8-11H2,1-2H3/t13-,14+. The molecule has 1 aromatic heterocycles. The number of pyridine rings is 1. The van der Waals surface area contributed by atoms with Crippen LogP contribution in [-0.4, -0.2) is 68.3 Å². The number of halogens is 2. The lowest BCUT2D eigenvalue weighted by Gasteiger charge is -2.44. The molecule has 3 aliphatic rings. The molecule has 2 bridgehead atoms. The van der Waals surface area contributed by atoms with Crippen LogP contribution in [0.5, 0.6) is 0 Å². The quantitative estimate of drug-likeness (QED) is 0.847. The van der Waals surface area contributed by atoms with Crippen LogP contribution in [0.3, 0.4) is 0 Å². The van der Waals surface area contributed by atoms with Crippen LogP contribution in [0, 0.1) is 0 Å². The molecule has 1 N–H and O–H groups in total. The lowest BCUT2D eigenvalue weighted by atomic mass is 10.1. The number of likely N-dealkylation sites (N-methyl/N-ethyl adjacent to an activating group) is 1. The van der Waals surface area contributed by atoms with Gasteiger partial charge < -0.3 is 20.0 Å². The van der Waals surface area contributed by atoms with Crippen molar-refractivity contribution < 1.29 is 0 Å². The van der Waals surface area contributed by atoms with Crippen LogP contribution in [-0.2, 0) is 0 Å². The number of fused-ring (bicyclic) bond motifs is 3. The lowest BCUT2D eigenvalue weighted by Crippen LogP contribution is -2.57. The van der Waals surface area contributed by atoms with Gasteiger partial charge in [-0.05, 0) is 39.1 Å². The molecule has 5 rings (SSSR count). The van der Waals surface area contributed by atoms with Crippen molar-refractivity contribution in [3.63, 3.8) is 0 Å². The summed E-state index contributed by atoms with van der Waals surface area (Å²) in [6.45, 7) is 4.06. The van der Waals surface area contributed by atoms with Gasteiger partial charge in [-0.25, -0.2) is 4.98 Å². The van der Waals surface area contributed by atoms with Gasteiger partial charge in [0, 0.05) is 60.8 Å². The van der Waals surface area contributed by atoms with Gasteiger partial charge in [-0.3, -0.25) is 0 Å². The second kappa shape index (κ2) is 6.66. The summed E-state index contributed by atoms with van der Waals surface area (Å²) in [6.07, 6.45) is 2.52. The fraction of sp³-hybridized carbons (Fsp3) is 0.550.